The topological polar surface area (TPSA) is 52.6 Å². The molecule has 0 bridgehead atoms. The first-order valence-electron chi connectivity index (χ1n) is 6.14. The molecule has 0 aliphatic heterocycles. The molecular formula is C15H15FO4S. The summed E-state index contributed by atoms with van der Waals surface area (Å²) < 4.78 is 47.5. The molecule has 0 aliphatic rings. The number of sulfone groups is 1. The Bertz CT molecular complexity index is 741. The highest BCUT2D eigenvalue weighted by Gasteiger charge is 2.15. The van der Waals surface area contributed by atoms with Crippen LogP contribution in [0.3, 0.4) is 0 Å². The van der Waals surface area contributed by atoms with Crippen LogP contribution in [0.4, 0.5) is 4.39 Å². The number of hydrogen-bond donors (Lipinski definition) is 0. The quantitative estimate of drug-likeness (QED) is 0.629. The summed E-state index contributed by atoms with van der Waals surface area (Å²) in [6, 6.07) is 10.5. The van der Waals surface area contributed by atoms with Crippen LogP contribution in [0.1, 0.15) is 0 Å². The van der Waals surface area contributed by atoms with Crippen LogP contribution in [0.15, 0.2) is 47.4 Å². The second-order valence-electron chi connectivity index (χ2n) is 4.46. The first kappa shape index (κ1) is 15.5. The van der Waals surface area contributed by atoms with Gasteiger partial charge in [0.05, 0.1) is 4.90 Å². The molecule has 0 aromatic heterocycles. The molecule has 0 aliphatic carbocycles. The number of hydrogen-bond acceptors (Lipinski definition) is 4. The minimum absolute atomic E-state index is 0.0183. The van der Waals surface area contributed by atoms with Crippen molar-refractivity contribution >= 4 is 9.84 Å². The molecule has 0 unspecified atom stereocenters. The Balaban J connectivity index is 2.56. The largest absolute Gasteiger partial charge is 0.467 e. The Morgan fingerprint density at radius 1 is 1.10 bits per heavy atom. The van der Waals surface area contributed by atoms with Crippen LogP contribution < -0.4 is 4.74 Å². The summed E-state index contributed by atoms with van der Waals surface area (Å²) in [6.07, 6.45) is 1.08. The SMILES string of the molecule is COCOc1ccccc1-c1cc(S(C)(=O)=O)ccc1F. The monoisotopic (exact) mass is 310 g/mol. The van der Waals surface area contributed by atoms with Crippen molar-refractivity contribution in [3.05, 3.63) is 48.3 Å². The molecule has 2 aromatic carbocycles. The van der Waals surface area contributed by atoms with Crippen LogP contribution in [0, 0.1) is 5.82 Å². The molecule has 4 nitrogen and oxygen atoms in total. The lowest BCUT2D eigenvalue weighted by Crippen LogP contribution is -2.02. The van der Waals surface area contributed by atoms with Crippen LogP contribution in [-0.2, 0) is 14.6 Å². The molecule has 0 spiro atoms. The normalized spacial score (nSPS) is 11.4. The van der Waals surface area contributed by atoms with E-state index in [4.69, 9.17) is 9.47 Å². The number of ether oxygens (including phenoxy) is 2. The van der Waals surface area contributed by atoms with Gasteiger partial charge in [0.25, 0.3) is 0 Å². The van der Waals surface area contributed by atoms with E-state index in [-0.39, 0.29) is 17.3 Å². The highest BCUT2D eigenvalue weighted by molar-refractivity contribution is 7.90. The molecule has 0 amide bonds. The van der Waals surface area contributed by atoms with Crippen molar-refractivity contribution in [3.63, 3.8) is 0 Å². The molecule has 112 valence electrons. The van der Waals surface area contributed by atoms with Crippen molar-refractivity contribution in [2.75, 3.05) is 20.2 Å². The van der Waals surface area contributed by atoms with Crippen LogP contribution in [0.25, 0.3) is 11.1 Å². The van der Waals surface area contributed by atoms with Crippen molar-refractivity contribution < 1.29 is 22.3 Å². The molecule has 0 heterocycles. The predicted octanol–water partition coefficient (Wildman–Crippen LogP) is 2.88. The maximum Gasteiger partial charge on any atom is 0.188 e. The van der Waals surface area contributed by atoms with Gasteiger partial charge >= 0.3 is 0 Å². The highest BCUT2D eigenvalue weighted by Crippen LogP contribution is 2.33. The third-order valence-corrected chi connectivity index (χ3v) is 3.99. The molecule has 0 fully saturated rings. The first-order valence-corrected chi connectivity index (χ1v) is 8.03. The van der Waals surface area contributed by atoms with E-state index in [0.29, 0.717) is 11.3 Å². The average Bonchev–Trinajstić information content (AvgIpc) is 2.45. The zero-order chi connectivity index (χ0) is 15.5. The van der Waals surface area contributed by atoms with E-state index in [2.05, 4.69) is 0 Å². The second-order valence-corrected chi connectivity index (χ2v) is 6.48. The van der Waals surface area contributed by atoms with Crippen molar-refractivity contribution in [2.45, 2.75) is 4.90 Å². The van der Waals surface area contributed by atoms with E-state index in [1.54, 1.807) is 24.3 Å². The summed E-state index contributed by atoms with van der Waals surface area (Å²) in [6.45, 7) is 0.0183. The number of rotatable bonds is 5. The van der Waals surface area contributed by atoms with Crippen molar-refractivity contribution in [1.29, 1.82) is 0 Å². The number of para-hydroxylation sites is 1. The molecule has 6 heteroatoms. The first-order chi connectivity index (χ1) is 9.93. The fourth-order valence-corrected chi connectivity index (χ4v) is 2.53. The summed E-state index contributed by atoms with van der Waals surface area (Å²) in [5.41, 5.74) is 0.641. The Morgan fingerprint density at radius 3 is 2.48 bits per heavy atom. The molecule has 0 saturated carbocycles. The minimum Gasteiger partial charge on any atom is -0.467 e. The molecule has 21 heavy (non-hydrogen) atoms. The van der Waals surface area contributed by atoms with Crippen LogP contribution >= 0.6 is 0 Å². The molecular weight excluding hydrogens is 295 g/mol. The van der Waals surface area contributed by atoms with Crippen molar-refractivity contribution in [2.24, 2.45) is 0 Å². The summed E-state index contributed by atoms with van der Waals surface area (Å²) in [5.74, 6) is -0.0974. The van der Waals surface area contributed by atoms with Crippen molar-refractivity contribution in [1.82, 2.24) is 0 Å². The summed E-state index contributed by atoms with van der Waals surface area (Å²) >= 11 is 0. The Labute approximate surface area is 123 Å². The number of benzene rings is 2. The molecule has 0 radical (unpaired) electrons. The number of halogens is 1. The minimum atomic E-state index is -3.41. The standard InChI is InChI=1S/C15H15FO4S/c1-19-10-20-15-6-4-3-5-12(15)13-9-11(21(2,17)18)7-8-14(13)16/h3-9H,10H2,1-2H3. The average molecular weight is 310 g/mol. The van der Waals surface area contributed by atoms with Gasteiger partial charge in [-0.15, -0.1) is 0 Å². The highest BCUT2D eigenvalue weighted by atomic mass is 32.2. The van der Waals surface area contributed by atoms with Gasteiger partial charge in [-0.2, -0.15) is 0 Å². The third-order valence-electron chi connectivity index (χ3n) is 2.88. The Morgan fingerprint density at radius 2 is 1.81 bits per heavy atom. The third kappa shape index (κ3) is 3.59. The smallest absolute Gasteiger partial charge is 0.188 e. The fraction of sp³-hybridized carbons (Fsp3) is 0.200. The van der Waals surface area contributed by atoms with E-state index in [0.717, 1.165) is 12.3 Å². The van der Waals surface area contributed by atoms with E-state index in [9.17, 15) is 12.8 Å². The zero-order valence-corrected chi connectivity index (χ0v) is 12.5. The van der Waals surface area contributed by atoms with Gasteiger partial charge in [0.15, 0.2) is 16.6 Å². The van der Waals surface area contributed by atoms with Gasteiger partial charge in [0.2, 0.25) is 0 Å². The van der Waals surface area contributed by atoms with E-state index in [1.165, 1.54) is 19.2 Å². The van der Waals surface area contributed by atoms with E-state index in [1.807, 2.05) is 0 Å². The van der Waals surface area contributed by atoms with E-state index >= 15 is 0 Å². The van der Waals surface area contributed by atoms with Crippen LogP contribution in [-0.4, -0.2) is 28.6 Å². The molecule has 2 aromatic rings. The molecule has 0 saturated heterocycles. The number of methoxy groups -OCH3 is 1. The van der Waals surface area contributed by atoms with Crippen molar-refractivity contribution in [3.8, 4) is 16.9 Å². The Hall–Kier alpha value is -1.92. The van der Waals surface area contributed by atoms with Gasteiger partial charge in [0, 0.05) is 24.5 Å². The second kappa shape index (κ2) is 6.24. The van der Waals surface area contributed by atoms with Gasteiger partial charge in [-0.3, -0.25) is 0 Å². The van der Waals surface area contributed by atoms with Gasteiger partial charge in [-0.1, -0.05) is 18.2 Å². The summed E-state index contributed by atoms with van der Waals surface area (Å²) in [7, 11) is -1.93. The maximum atomic E-state index is 14.1. The lowest BCUT2D eigenvalue weighted by molar-refractivity contribution is 0.0515. The molecule has 0 atom stereocenters. The van der Waals surface area contributed by atoms with E-state index < -0.39 is 15.7 Å². The Kier molecular flexibility index (Phi) is 4.59. The maximum absolute atomic E-state index is 14.1. The lowest BCUT2D eigenvalue weighted by Gasteiger charge is -2.12. The van der Waals surface area contributed by atoms with Gasteiger partial charge < -0.3 is 9.47 Å². The summed E-state index contributed by atoms with van der Waals surface area (Å²) in [5, 5.41) is 0. The van der Waals surface area contributed by atoms with Gasteiger partial charge in [0.1, 0.15) is 11.6 Å². The molecule has 2 rings (SSSR count). The van der Waals surface area contributed by atoms with Gasteiger partial charge in [-0.25, -0.2) is 12.8 Å². The van der Waals surface area contributed by atoms with Gasteiger partial charge in [-0.05, 0) is 24.3 Å². The lowest BCUT2D eigenvalue weighted by atomic mass is 10.0. The molecule has 0 N–H and O–H groups in total. The zero-order valence-electron chi connectivity index (χ0n) is 11.7. The van der Waals surface area contributed by atoms with Crippen LogP contribution in [0.5, 0.6) is 5.75 Å². The van der Waals surface area contributed by atoms with Crippen LogP contribution in [0.2, 0.25) is 0 Å². The summed E-state index contributed by atoms with van der Waals surface area (Å²) in [4.78, 5) is 0.0560. The fourth-order valence-electron chi connectivity index (χ4n) is 1.88. The predicted molar refractivity (Wildman–Crippen MR) is 77.4 cm³/mol.